The highest BCUT2D eigenvalue weighted by atomic mass is 16.4. The summed E-state index contributed by atoms with van der Waals surface area (Å²) in [4.78, 5) is 20.7. The SMILES string of the molecule is C=C(C(=O)O)C(=O)C=CC#N. The van der Waals surface area contributed by atoms with Gasteiger partial charge >= 0.3 is 5.97 Å². The Morgan fingerprint density at radius 3 is 2.45 bits per heavy atom. The molecule has 0 aliphatic heterocycles. The Hall–Kier alpha value is -1.89. The molecule has 0 amide bonds. The van der Waals surface area contributed by atoms with Gasteiger partial charge in [0.15, 0.2) is 5.78 Å². The molecule has 0 heterocycles. The second kappa shape index (κ2) is 4.01. The maximum Gasteiger partial charge on any atom is 0.339 e. The second-order valence-corrected chi connectivity index (χ2v) is 1.61. The van der Waals surface area contributed by atoms with Crippen molar-refractivity contribution in [1.82, 2.24) is 0 Å². The molecule has 0 unspecified atom stereocenters. The molecule has 0 bridgehead atoms. The average Bonchev–Trinajstić information content (AvgIpc) is 1.98. The fourth-order valence-electron chi connectivity index (χ4n) is 0.319. The van der Waals surface area contributed by atoms with E-state index < -0.39 is 17.3 Å². The molecular formula is C7H5NO3. The van der Waals surface area contributed by atoms with Crippen molar-refractivity contribution in [2.75, 3.05) is 0 Å². The molecule has 0 rings (SSSR count). The molecule has 0 fully saturated rings. The van der Waals surface area contributed by atoms with Crippen LogP contribution < -0.4 is 0 Å². The highest BCUT2D eigenvalue weighted by molar-refractivity contribution is 6.20. The summed E-state index contributed by atoms with van der Waals surface area (Å²) >= 11 is 0. The first-order valence-electron chi connectivity index (χ1n) is 2.62. The molecule has 4 heteroatoms. The first-order valence-corrected chi connectivity index (χ1v) is 2.62. The first-order chi connectivity index (χ1) is 5.09. The molecule has 0 aromatic rings. The van der Waals surface area contributed by atoms with Crippen LogP contribution in [0.1, 0.15) is 0 Å². The number of hydrogen-bond donors (Lipinski definition) is 1. The van der Waals surface area contributed by atoms with E-state index in [0.29, 0.717) is 0 Å². The predicted molar refractivity (Wildman–Crippen MR) is 36.5 cm³/mol. The quantitative estimate of drug-likeness (QED) is 0.272. The van der Waals surface area contributed by atoms with Gasteiger partial charge in [-0.2, -0.15) is 5.26 Å². The minimum Gasteiger partial charge on any atom is -0.478 e. The summed E-state index contributed by atoms with van der Waals surface area (Å²) in [6, 6.07) is 1.56. The molecule has 0 saturated heterocycles. The van der Waals surface area contributed by atoms with E-state index in [1.165, 1.54) is 0 Å². The molecule has 11 heavy (non-hydrogen) atoms. The lowest BCUT2D eigenvalue weighted by Crippen LogP contribution is -2.07. The number of ketones is 1. The van der Waals surface area contributed by atoms with Gasteiger partial charge in [-0.3, -0.25) is 4.79 Å². The molecule has 0 aliphatic rings. The lowest BCUT2D eigenvalue weighted by atomic mass is 10.2. The smallest absolute Gasteiger partial charge is 0.339 e. The van der Waals surface area contributed by atoms with E-state index in [9.17, 15) is 9.59 Å². The van der Waals surface area contributed by atoms with Crippen LogP contribution in [0.5, 0.6) is 0 Å². The molecule has 0 aliphatic carbocycles. The van der Waals surface area contributed by atoms with Gasteiger partial charge < -0.3 is 5.11 Å². The van der Waals surface area contributed by atoms with E-state index >= 15 is 0 Å². The molecule has 0 aromatic carbocycles. The van der Waals surface area contributed by atoms with Crippen molar-refractivity contribution in [3.63, 3.8) is 0 Å². The van der Waals surface area contributed by atoms with Crippen molar-refractivity contribution >= 4 is 11.8 Å². The van der Waals surface area contributed by atoms with Gasteiger partial charge in [0.05, 0.1) is 11.6 Å². The third-order valence-electron chi connectivity index (χ3n) is 0.865. The largest absolute Gasteiger partial charge is 0.478 e. The Bertz CT molecular complexity index is 270. The molecule has 4 nitrogen and oxygen atoms in total. The topological polar surface area (TPSA) is 78.2 Å². The highest BCUT2D eigenvalue weighted by Crippen LogP contribution is 1.93. The number of nitriles is 1. The van der Waals surface area contributed by atoms with E-state index in [1.54, 1.807) is 6.07 Å². The van der Waals surface area contributed by atoms with Crippen LogP contribution in [0, 0.1) is 11.3 Å². The number of nitrogens with zero attached hydrogens (tertiary/aromatic N) is 1. The number of carboxylic acids is 1. The molecule has 0 saturated carbocycles. The van der Waals surface area contributed by atoms with E-state index in [4.69, 9.17) is 10.4 Å². The summed E-state index contributed by atoms with van der Waals surface area (Å²) in [5, 5.41) is 16.2. The molecule has 0 radical (unpaired) electrons. The summed E-state index contributed by atoms with van der Waals surface area (Å²) in [5.41, 5.74) is -0.545. The van der Waals surface area contributed by atoms with Crippen molar-refractivity contribution in [3.8, 4) is 6.07 Å². The fourth-order valence-corrected chi connectivity index (χ4v) is 0.319. The third kappa shape index (κ3) is 2.96. The van der Waals surface area contributed by atoms with Gasteiger partial charge in [-0.05, 0) is 6.08 Å². The van der Waals surface area contributed by atoms with E-state index in [0.717, 1.165) is 12.2 Å². The minimum atomic E-state index is -1.38. The fraction of sp³-hybridized carbons (Fsp3) is 0. The maximum absolute atomic E-state index is 10.6. The maximum atomic E-state index is 10.6. The van der Waals surface area contributed by atoms with Crippen LogP contribution in [0.4, 0.5) is 0 Å². The number of carbonyl (C=O) groups is 2. The number of aliphatic carboxylic acids is 1. The summed E-state index contributed by atoms with van der Waals surface area (Å²) in [6.45, 7) is 3.00. The Morgan fingerprint density at radius 1 is 1.55 bits per heavy atom. The normalized spacial score (nSPS) is 9.00. The molecule has 0 atom stereocenters. The van der Waals surface area contributed by atoms with Crippen LogP contribution >= 0.6 is 0 Å². The number of hydrogen-bond acceptors (Lipinski definition) is 3. The Kier molecular flexibility index (Phi) is 3.32. The predicted octanol–water partition coefficient (Wildman–Crippen LogP) is 0.276. The van der Waals surface area contributed by atoms with Crippen LogP contribution in [-0.2, 0) is 9.59 Å². The first kappa shape index (κ1) is 9.11. The lowest BCUT2D eigenvalue weighted by molar-refractivity contribution is -0.134. The van der Waals surface area contributed by atoms with Crippen molar-refractivity contribution in [3.05, 3.63) is 24.3 Å². The second-order valence-electron chi connectivity index (χ2n) is 1.61. The van der Waals surface area contributed by atoms with Crippen LogP contribution in [0.3, 0.4) is 0 Å². The zero-order chi connectivity index (χ0) is 8.85. The molecule has 0 aromatic heterocycles. The van der Waals surface area contributed by atoms with Gasteiger partial charge in [0, 0.05) is 6.08 Å². The lowest BCUT2D eigenvalue weighted by Gasteiger charge is -1.89. The third-order valence-corrected chi connectivity index (χ3v) is 0.865. The molecule has 1 N–H and O–H groups in total. The zero-order valence-electron chi connectivity index (χ0n) is 5.57. The van der Waals surface area contributed by atoms with Crippen molar-refractivity contribution in [2.45, 2.75) is 0 Å². The van der Waals surface area contributed by atoms with E-state index in [-0.39, 0.29) is 0 Å². The van der Waals surface area contributed by atoms with Gasteiger partial charge in [0.1, 0.15) is 0 Å². The summed E-state index contributed by atoms with van der Waals surface area (Å²) < 4.78 is 0. The summed E-state index contributed by atoms with van der Waals surface area (Å²) in [7, 11) is 0. The van der Waals surface area contributed by atoms with Gasteiger partial charge in [0.25, 0.3) is 0 Å². The van der Waals surface area contributed by atoms with Crippen molar-refractivity contribution in [1.29, 1.82) is 5.26 Å². The standard InChI is InChI=1S/C7H5NO3/c1-5(7(10)11)6(9)3-2-4-8/h2-3H,1H2,(H,10,11). The highest BCUT2D eigenvalue weighted by Gasteiger charge is 2.10. The van der Waals surface area contributed by atoms with Crippen LogP contribution in [0.25, 0.3) is 0 Å². The number of carbonyl (C=O) groups excluding carboxylic acids is 1. The van der Waals surface area contributed by atoms with Crippen LogP contribution in [-0.4, -0.2) is 16.9 Å². The summed E-state index contributed by atoms with van der Waals surface area (Å²) in [6.07, 6.45) is 1.76. The summed E-state index contributed by atoms with van der Waals surface area (Å²) in [5.74, 6) is -2.14. The number of carboxylic acid groups (broad SMARTS) is 1. The Labute approximate surface area is 63.1 Å². The van der Waals surface area contributed by atoms with Gasteiger partial charge in [0.2, 0.25) is 0 Å². The average molecular weight is 151 g/mol. The molecule has 56 valence electrons. The molecular weight excluding hydrogens is 146 g/mol. The van der Waals surface area contributed by atoms with E-state index in [1.807, 2.05) is 0 Å². The van der Waals surface area contributed by atoms with Crippen LogP contribution in [0.2, 0.25) is 0 Å². The van der Waals surface area contributed by atoms with Gasteiger partial charge in [-0.1, -0.05) is 6.58 Å². The number of allylic oxidation sites excluding steroid dienone is 2. The Morgan fingerprint density at radius 2 is 2.09 bits per heavy atom. The van der Waals surface area contributed by atoms with Crippen LogP contribution in [0.15, 0.2) is 24.3 Å². The zero-order valence-corrected chi connectivity index (χ0v) is 5.57. The Balaban J connectivity index is 4.30. The molecule has 0 spiro atoms. The van der Waals surface area contributed by atoms with Gasteiger partial charge in [-0.25, -0.2) is 4.79 Å². The monoisotopic (exact) mass is 151 g/mol. The van der Waals surface area contributed by atoms with Gasteiger partial charge in [-0.15, -0.1) is 0 Å². The van der Waals surface area contributed by atoms with E-state index in [2.05, 4.69) is 6.58 Å². The number of rotatable bonds is 3. The minimum absolute atomic E-state index is 0.545. The van der Waals surface area contributed by atoms with Crippen molar-refractivity contribution < 1.29 is 14.7 Å². The van der Waals surface area contributed by atoms with Crippen molar-refractivity contribution in [2.24, 2.45) is 0 Å².